The molecule has 1 fully saturated rings. The van der Waals surface area contributed by atoms with E-state index in [2.05, 4.69) is 0 Å². The molecule has 0 unspecified atom stereocenters. The molecule has 0 radical (unpaired) electrons. The third kappa shape index (κ3) is 4.91. The van der Waals surface area contributed by atoms with E-state index in [0.29, 0.717) is 4.58 Å². The Hall–Kier alpha value is 0.620. The van der Waals surface area contributed by atoms with Gasteiger partial charge in [-0.25, -0.2) is 0 Å². The summed E-state index contributed by atoms with van der Waals surface area (Å²) in [4.78, 5) is 0. The van der Waals surface area contributed by atoms with Gasteiger partial charge >= 0.3 is 0 Å². The molecule has 1 aliphatic heterocycles. The lowest BCUT2D eigenvalue weighted by atomic mass is 10.4. The van der Waals surface area contributed by atoms with E-state index in [1.54, 1.807) is 0 Å². The third-order valence-electron chi connectivity index (χ3n) is 1.99. The molecule has 0 aromatic heterocycles. The van der Waals surface area contributed by atoms with Gasteiger partial charge in [0.2, 0.25) is 0 Å². The van der Waals surface area contributed by atoms with Gasteiger partial charge in [0.15, 0.2) is 6.29 Å². The average molecular weight is 236 g/mol. The number of hydrogen-bond donors (Lipinski definition) is 0. The van der Waals surface area contributed by atoms with Gasteiger partial charge in [-0.05, 0) is 31.8 Å². The van der Waals surface area contributed by atoms with Gasteiger partial charge in [0.25, 0.3) is 0 Å². The maximum atomic E-state index is 5.54. The van der Waals surface area contributed by atoms with Crippen LogP contribution in [0.2, 0.25) is 0 Å². The summed E-state index contributed by atoms with van der Waals surface area (Å²) in [7, 11) is 0. The smallest absolute Gasteiger partial charge is 0.159 e. The Labute approximate surface area is 95.5 Å². The molecule has 2 nitrogen and oxygen atoms in total. The monoisotopic (exact) mass is 236 g/mol. The molecule has 0 aromatic rings. The Bertz CT molecular complexity index is 132. The van der Waals surface area contributed by atoms with Crippen molar-refractivity contribution < 1.29 is 9.47 Å². The quantitative estimate of drug-likeness (QED) is 0.660. The highest BCUT2D eigenvalue weighted by Gasteiger charge is 2.20. The molecule has 0 N–H and O–H groups in total. The van der Waals surface area contributed by atoms with E-state index >= 15 is 0 Å². The van der Waals surface area contributed by atoms with E-state index in [4.69, 9.17) is 9.47 Å². The van der Waals surface area contributed by atoms with Gasteiger partial charge in [0, 0.05) is 19.6 Å². The zero-order valence-corrected chi connectivity index (χ0v) is 10.7. The molecule has 1 heterocycles. The standard InChI is InChI=1S/C10H20O2S2/c1-3-11-9(12-4-2)8-10-13-6-5-7-14-10/h9-10H,3-8H2,1-2H3. The fourth-order valence-electron chi connectivity index (χ4n) is 1.39. The van der Waals surface area contributed by atoms with Crippen LogP contribution in [0.4, 0.5) is 0 Å². The van der Waals surface area contributed by atoms with Crippen molar-refractivity contribution in [2.75, 3.05) is 24.7 Å². The number of hydrogen-bond acceptors (Lipinski definition) is 4. The highest BCUT2D eigenvalue weighted by Crippen LogP contribution is 2.34. The van der Waals surface area contributed by atoms with Crippen LogP contribution in [-0.2, 0) is 9.47 Å². The number of ether oxygens (including phenoxy) is 2. The molecule has 0 spiro atoms. The van der Waals surface area contributed by atoms with Gasteiger partial charge in [-0.1, -0.05) is 0 Å². The molecule has 0 amide bonds. The Morgan fingerprint density at radius 2 is 1.71 bits per heavy atom. The van der Waals surface area contributed by atoms with Gasteiger partial charge in [-0.15, -0.1) is 23.5 Å². The summed E-state index contributed by atoms with van der Waals surface area (Å²) in [6.45, 7) is 5.53. The van der Waals surface area contributed by atoms with Gasteiger partial charge in [0.1, 0.15) is 0 Å². The van der Waals surface area contributed by atoms with Crippen molar-refractivity contribution in [3.8, 4) is 0 Å². The molecule has 1 saturated heterocycles. The SMILES string of the molecule is CCOC(CC1SCCCS1)OCC. The summed E-state index contributed by atoms with van der Waals surface area (Å²) in [6, 6.07) is 0. The largest absolute Gasteiger partial charge is 0.353 e. The predicted octanol–water partition coefficient (Wildman–Crippen LogP) is 2.97. The molecule has 4 heteroatoms. The predicted molar refractivity (Wildman–Crippen MR) is 65.0 cm³/mol. The van der Waals surface area contributed by atoms with Crippen LogP contribution in [0.5, 0.6) is 0 Å². The van der Waals surface area contributed by atoms with E-state index < -0.39 is 0 Å². The summed E-state index contributed by atoms with van der Waals surface area (Å²) < 4.78 is 11.7. The van der Waals surface area contributed by atoms with Gasteiger partial charge in [0.05, 0.1) is 4.58 Å². The maximum Gasteiger partial charge on any atom is 0.159 e. The first-order chi connectivity index (χ1) is 6.86. The molecule has 0 bridgehead atoms. The van der Waals surface area contributed by atoms with E-state index in [1.165, 1.54) is 17.9 Å². The molecule has 14 heavy (non-hydrogen) atoms. The summed E-state index contributed by atoms with van der Waals surface area (Å²) in [5.41, 5.74) is 0. The van der Waals surface area contributed by atoms with Crippen molar-refractivity contribution in [3.05, 3.63) is 0 Å². The fourth-order valence-corrected chi connectivity index (χ4v) is 4.27. The minimum absolute atomic E-state index is 0.00750. The minimum atomic E-state index is 0.00750. The Morgan fingerprint density at radius 1 is 1.14 bits per heavy atom. The van der Waals surface area contributed by atoms with Crippen LogP contribution in [0.15, 0.2) is 0 Å². The first-order valence-corrected chi connectivity index (χ1v) is 7.43. The van der Waals surface area contributed by atoms with Crippen molar-refractivity contribution in [2.24, 2.45) is 0 Å². The summed E-state index contributed by atoms with van der Waals surface area (Å²) in [5, 5.41) is 0. The van der Waals surface area contributed by atoms with E-state index in [-0.39, 0.29) is 6.29 Å². The van der Waals surface area contributed by atoms with E-state index in [1.807, 2.05) is 37.4 Å². The molecular formula is C10H20O2S2. The molecule has 0 aromatic carbocycles. The second-order valence-corrected chi connectivity index (χ2v) is 6.02. The third-order valence-corrected chi connectivity index (χ3v) is 4.98. The Kier molecular flexibility index (Phi) is 7.12. The second-order valence-electron chi connectivity index (χ2n) is 3.10. The van der Waals surface area contributed by atoms with Crippen LogP contribution < -0.4 is 0 Å². The molecule has 1 rings (SSSR count). The number of thioether (sulfide) groups is 2. The first kappa shape index (κ1) is 12.7. The van der Waals surface area contributed by atoms with Crippen LogP contribution in [0.3, 0.4) is 0 Å². The van der Waals surface area contributed by atoms with Crippen molar-refractivity contribution in [2.45, 2.75) is 37.6 Å². The number of rotatable bonds is 6. The van der Waals surface area contributed by atoms with E-state index in [0.717, 1.165) is 19.6 Å². The summed E-state index contributed by atoms with van der Waals surface area (Å²) in [6.07, 6.45) is 2.38. The normalized spacial score (nSPS) is 19.1. The Morgan fingerprint density at radius 3 is 2.21 bits per heavy atom. The van der Waals surface area contributed by atoms with Crippen LogP contribution in [0.1, 0.15) is 26.7 Å². The van der Waals surface area contributed by atoms with Crippen molar-refractivity contribution in [1.82, 2.24) is 0 Å². The van der Waals surface area contributed by atoms with Gasteiger partial charge in [-0.2, -0.15) is 0 Å². The molecular weight excluding hydrogens is 216 g/mol. The average Bonchev–Trinajstić information content (AvgIpc) is 2.20. The fraction of sp³-hybridized carbons (Fsp3) is 1.00. The lowest BCUT2D eigenvalue weighted by Crippen LogP contribution is -2.22. The van der Waals surface area contributed by atoms with Gasteiger partial charge in [-0.3, -0.25) is 0 Å². The lowest BCUT2D eigenvalue weighted by Gasteiger charge is -2.25. The molecule has 84 valence electrons. The molecule has 1 aliphatic rings. The maximum absolute atomic E-state index is 5.54. The van der Waals surface area contributed by atoms with Gasteiger partial charge < -0.3 is 9.47 Å². The zero-order chi connectivity index (χ0) is 10.2. The van der Waals surface area contributed by atoms with E-state index in [9.17, 15) is 0 Å². The van der Waals surface area contributed by atoms with Crippen LogP contribution in [0.25, 0.3) is 0 Å². The van der Waals surface area contributed by atoms with Crippen LogP contribution in [0, 0.1) is 0 Å². The highest BCUT2D eigenvalue weighted by atomic mass is 32.2. The zero-order valence-electron chi connectivity index (χ0n) is 9.03. The molecule has 0 saturated carbocycles. The molecule has 0 atom stereocenters. The van der Waals surface area contributed by atoms with Crippen LogP contribution >= 0.6 is 23.5 Å². The highest BCUT2D eigenvalue weighted by molar-refractivity contribution is 8.17. The first-order valence-electron chi connectivity index (χ1n) is 5.33. The minimum Gasteiger partial charge on any atom is -0.353 e. The van der Waals surface area contributed by atoms with Crippen molar-refractivity contribution in [3.63, 3.8) is 0 Å². The topological polar surface area (TPSA) is 18.5 Å². The second kappa shape index (κ2) is 7.85. The summed E-state index contributed by atoms with van der Waals surface area (Å²) in [5.74, 6) is 2.59. The van der Waals surface area contributed by atoms with Crippen molar-refractivity contribution in [1.29, 1.82) is 0 Å². The lowest BCUT2D eigenvalue weighted by molar-refractivity contribution is -0.137. The van der Waals surface area contributed by atoms with Crippen LogP contribution in [-0.4, -0.2) is 35.6 Å². The Balaban J connectivity index is 2.21. The molecule has 0 aliphatic carbocycles. The van der Waals surface area contributed by atoms with Crippen molar-refractivity contribution >= 4 is 23.5 Å². The summed E-state index contributed by atoms with van der Waals surface area (Å²) >= 11 is 4.09.